The van der Waals surface area contributed by atoms with Crippen molar-refractivity contribution >= 4 is 23.7 Å². The number of hydrogen-bond acceptors (Lipinski definition) is 4. The van der Waals surface area contributed by atoms with Crippen LogP contribution in [0.2, 0.25) is 5.02 Å². The maximum absolute atomic E-state index is 11.5. The number of hydrogen-bond donors (Lipinski definition) is 1. The summed E-state index contributed by atoms with van der Waals surface area (Å²) < 4.78 is 5.27. The molecule has 0 aliphatic rings. The topological polar surface area (TPSA) is 63.6 Å². The van der Waals surface area contributed by atoms with Crippen LogP contribution >= 0.6 is 11.6 Å². The van der Waals surface area contributed by atoms with E-state index in [1.807, 2.05) is 6.07 Å². The predicted molar refractivity (Wildman–Crippen MR) is 76.9 cm³/mol. The number of nitrogens with zero attached hydrogens (tertiary/aromatic N) is 2. The molecule has 1 aromatic heterocycles. The molecule has 2 rings (SSSR count). The van der Waals surface area contributed by atoms with Gasteiger partial charge in [0.05, 0.1) is 11.9 Å². The van der Waals surface area contributed by atoms with Crippen LogP contribution in [0.3, 0.4) is 0 Å². The van der Waals surface area contributed by atoms with Crippen LogP contribution in [-0.4, -0.2) is 23.7 Å². The zero-order valence-electron chi connectivity index (χ0n) is 10.5. The third kappa shape index (κ3) is 4.70. The standard InChI is InChI=1S/C14H12ClN3O2/c15-11-4-6-13(7-5-11)20-10-14(19)18-17-9-12-3-1-2-8-16-12/h1-9H,10H2,(H,18,19)/b17-9-. The van der Waals surface area contributed by atoms with E-state index < -0.39 is 0 Å². The highest BCUT2D eigenvalue weighted by Crippen LogP contribution is 2.15. The minimum absolute atomic E-state index is 0.124. The van der Waals surface area contributed by atoms with Crippen LogP contribution in [0, 0.1) is 0 Å². The molecule has 1 amide bonds. The number of hydrazone groups is 1. The van der Waals surface area contributed by atoms with Gasteiger partial charge in [-0.3, -0.25) is 9.78 Å². The number of amides is 1. The first kappa shape index (κ1) is 14.0. The molecule has 20 heavy (non-hydrogen) atoms. The number of rotatable bonds is 5. The Kier molecular flexibility index (Phi) is 5.08. The largest absolute Gasteiger partial charge is 0.484 e. The summed E-state index contributed by atoms with van der Waals surface area (Å²) in [5.41, 5.74) is 3.01. The third-order valence-corrected chi connectivity index (χ3v) is 2.51. The Hall–Kier alpha value is -2.40. The van der Waals surface area contributed by atoms with Gasteiger partial charge in [-0.05, 0) is 36.4 Å². The Labute approximate surface area is 121 Å². The summed E-state index contributed by atoms with van der Waals surface area (Å²) in [6.07, 6.45) is 3.10. The van der Waals surface area contributed by atoms with Crippen LogP contribution in [0.5, 0.6) is 5.75 Å². The molecule has 0 atom stereocenters. The van der Waals surface area contributed by atoms with Crippen LogP contribution in [0.4, 0.5) is 0 Å². The number of aromatic nitrogens is 1. The molecule has 0 unspecified atom stereocenters. The summed E-state index contributed by atoms with van der Waals surface area (Å²) in [6, 6.07) is 12.2. The van der Waals surface area contributed by atoms with E-state index in [-0.39, 0.29) is 12.5 Å². The van der Waals surface area contributed by atoms with E-state index in [4.69, 9.17) is 16.3 Å². The molecule has 0 fully saturated rings. The first-order chi connectivity index (χ1) is 9.74. The van der Waals surface area contributed by atoms with Crippen molar-refractivity contribution in [1.82, 2.24) is 10.4 Å². The Morgan fingerprint density at radius 2 is 2.10 bits per heavy atom. The quantitative estimate of drug-likeness (QED) is 0.678. The molecule has 102 valence electrons. The highest BCUT2D eigenvalue weighted by atomic mass is 35.5. The molecule has 0 radical (unpaired) electrons. The molecular formula is C14H12ClN3O2. The van der Waals surface area contributed by atoms with Gasteiger partial charge in [0, 0.05) is 11.2 Å². The zero-order chi connectivity index (χ0) is 14.2. The van der Waals surface area contributed by atoms with Gasteiger partial charge in [0.2, 0.25) is 0 Å². The van der Waals surface area contributed by atoms with E-state index in [9.17, 15) is 4.79 Å². The van der Waals surface area contributed by atoms with Gasteiger partial charge < -0.3 is 4.74 Å². The van der Waals surface area contributed by atoms with Crippen molar-refractivity contribution in [2.75, 3.05) is 6.61 Å². The van der Waals surface area contributed by atoms with Gasteiger partial charge in [-0.2, -0.15) is 5.10 Å². The molecule has 1 heterocycles. The molecule has 0 aliphatic carbocycles. The summed E-state index contributed by atoms with van der Waals surface area (Å²) in [5, 5.41) is 4.39. The molecular weight excluding hydrogens is 278 g/mol. The third-order valence-electron chi connectivity index (χ3n) is 2.26. The molecule has 1 aromatic carbocycles. The molecule has 0 bridgehead atoms. The predicted octanol–water partition coefficient (Wildman–Crippen LogP) is 2.26. The molecule has 1 N–H and O–H groups in total. The van der Waals surface area contributed by atoms with Gasteiger partial charge in [0.25, 0.3) is 5.91 Å². The highest BCUT2D eigenvalue weighted by molar-refractivity contribution is 6.30. The van der Waals surface area contributed by atoms with Crippen molar-refractivity contribution in [3.8, 4) is 5.75 Å². The maximum atomic E-state index is 11.5. The minimum atomic E-state index is -0.355. The van der Waals surface area contributed by atoms with Gasteiger partial charge in [-0.1, -0.05) is 17.7 Å². The summed E-state index contributed by atoms with van der Waals surface area (Å²) in [6.45, 7) is -0.124. The average Bonchev–Trinajstić information content (AvgIpc) is 2.48. The summed E-state index contributed by atoms with van der Waals surface area (Å²) in [4.78, 5) is 15.5. The number of nitrogens with one attached hydrogen (secondary N) is 1. The van der Waals surface area contributed by atoms with Crippen molar-refractivity contribution in [3.05, 3.63) is 59.4 Å². The van der Waals surface area contributed by atoms with Gasteiger partial charge in [-0.15, -0.1) is 0 Å². The maximum Gasteiger partial charge on any atom is 0.277 e. The average molecular weight is 290 g/mol. The fraction of sp³-hybridized carbons (Fsp3) is 0.0714. The molecule has 0 saturated carbocycles. The van der Waals surface area contributed by atoms with Gasteiger partial charge >= 0.3 is 0 Å². The zero-order valence-corrected chi connectivity index (χ0v) is 11.2. The van der Waals surface area contributed by atoms with Crippen molar-refractivity contribution in [2.45, 2.75) is 0 Å². The molecule has 0 spiro atoms. The minimum Gasteiger partial charge on any atom is -0.484 e. The Bertz CT molecular complexity index is 585. The van der Waals surface area contributed by atoms with Crippen molar-refractivity contribution in [2.24, 2.45) is 5.10 Å². The monoisotopic (exact) mass is 289 g/mol. The van der Waals surface area contributed by atoms with Crippen LogP contribution in [0.1, 0.15) is 5.69 Å². The number of benzene rings is 1. The smallest absolute Gasteiger partial charge is 0.277 e. The fourth-order valence-corrected chi connectivity index (χ4v) is 1.46. The number of carbonyl (C=O) groups excluding carboxylic acids is 1. The summed E-state index contributed by atoms with van der Waals surface area (Å²) >= 11 is 5.74. The first-order valence-electron chi connectivity index (χ1n) is 5.85. The van der Waals surface area contributed by atoms with Gasteiger partial charge in [-0.25, -0.2) is 5.43 Å². The van der Waals surface area contributed by atoms with E-state index in [1.165, 1.54) is 6.21 Å². The number of carbonyl (C=O) groups is 1. The SMILES string of the molecule is O=C(COc1ccc(Cl)cc1)N/N=C\c1ccccn1. The molecule has 6 heteroatoms. The van der Waals surface area contributed by atoms with E-state index in [0.29, 0.717) is 16.5 Å². The Morgan fingerprint density at radius 1 is 1.30 bits per heavy atom. The second-order valence-electron chi connectivity index (χ2n) is 3.79. The number of pyridine rings is 1. The molecule has 0 aliphatic heterocycles. The normalized spacial score (nSPS) is 10.4. The van der Waals surface area contributed by atoms with E-state index in [1.54, 1.807) is 42.6 Å². The Balaban J connectivity index is 1.76. The lowest BCUT2D eigenvalue weighted by Crippen LogP contribution is -2.24. The lowest BCUT2D eigenvalue weighted by Gasteiger charge is -2.04. The summed E-state index contributed by atoms with van der Waals surface area (Å²) in [5.74, 6) is 0.213. The van der Waals surface area contributed by atoms with Crippen molar-refractivity contribution < 1.29 is 9.53 Å². The number of halogens is 1. The van der Waals surface area contributed by atoms with Crippen LogP contribution in [0.25, 0.3) is 0 Å². The highest BCUT2D eigenvalue weighted by Gasteiger charge is 2.01. The second-order valence-corrected chi connectivity index (χ2v) is 4.23. The lowest BCUT2D eigenvalue weighted by molar-refractivity contribution is -0.123. The molecule has 0 saturated heterocycles. The Morgan fingerprint density at radius 3 is 2.80 bits per heavy atom. The van der Waals surface area contributed by atoms with Gasteiger partial charge in [0.1, 0.15) is 5.75 Å². The lowest BCUT2D eigenvalue weighted by atomic mass is 10.3. The van der Waals surface area contributed by atoms with Gasteiger partial charge in [0.15, 0.2) is 6.61 Å². The first-order valence-corrected chi connectivity index (χ1v) is 6.23. The molecule has 5 nitrogen and oxygen atoms in total. The van der Waals surface area contributed by atoms with Crippen molar-refractivity contribution in [1.29, 1.82) is 0 Å². The van der Waals surface area contributed by atoms with Crippen molar-refractivity contribution in [3.63, 3.8) is 0 Å². The van der Waals surface area contributed by atoms with E-state index in [2.05, 4.69) is 15.5 Å². The van der Waals surface area contributed by atoms with E-state index in [0.717, 1.165) is 0 Å². The van der Waals surface area contributed by atoms with E-state index >= 15 is 0 Å². The van der Waals surface area contributed by atoms with Crippen LogP contribution < -0.4 is 10.2 Å². The number of ether oxygens (including phenoxy) is 1. The van der Waals surface area contributed by atoms with Crippen LogP contribution in [-0.2, 0) is 4.79 Å². The summed E-state index contributed by atoms with van der Waals surface area (Å²) in [7, 11) is 0. The fourth-order valence-electron chi connectivity index (χ4n) is 1.33. The second kappa shape index (κ2) is 7.25. The molecule has 2 aromatic rings. The van der Waals surface area contributed by atoms with Crippen LogP contribution in [0.15, 0.2) is 53.8 Å².